The molecule has 0 saturated carbocycles. The van der Waals surface area contributed by atoms with E-state index in [0.717, 1.165) is 23.9 Å². The second-order valence-corrected chi connectivity index (χ2v) is 6.40. The number of nitrogen functional groups attached to an aromatic ring is 1. The highest BCUT2D eigenvalue weighted by Crippen LogP contribution is 2.32. The predicted molar refractivity (Wildman–Crippen MR) is 99.6 cm³/mol. The van der Waals surface area contributed by atoms with Gasteiger partial charge in [-0.25, -0.2) is 14.8 Å². The number of benzene rings is 1. The molecule has 2 atom stereocenters. The molecule has 0 unspecified atom stereocenters. The molecular weight excluding hydrogens is 316 g/mol. The molecule has 3 rings (SSSR count). The molecular formula is C19H24N4O2. The molecule has 0 fully saturated rings. The summed E-state index contributed by atoms with van der Waals surface area (Å²) in [5.74, 6) is -0.0727. The first-order valence-electron chi connectivity index (χ1n) is 8.75. The number of rotatable bonds is 5. The number of anilines is 1. The molecule has 6 heteroatoms. The molecule has 1 aromatic carbocycles. The van der Waals surface area contributed by atoms with Gasteiger partial charge in [-0.1, -0.05) is 26.0 Å². The van der Waals surface area contributed by atoms with Gasteiger partial charge in [-0.15, -0.1) is 0 Å². The van der Waals surface area contributed by atoms with Gasteiger partial charge in [0.1, 0.15) is 16.9 Å². The number of hydrogen-bond acceptors (Lipinski definition) is 5. The van der Waals surface area contributed by atoms with E-state index in [2.05, 4.69) is 18.8 Å². The number of nitrogens with zero attached hydrogens (tertiary/aromatic N) is 3. The largest absolute Gasteiger partial charge is 0.459 e. The summed E-state index contributed by atoms with van der Waals surface area (Å²) in [6, 6.07) is 7.70. The van der Waals surface area contributed by atoms with Gasteiger partial charge >= 0.3 is 5.97 Å². The van der Waals surface area contributed by atoms with Crippen LogP contribution in [0.1, 0.15) is 56.9 Å². The summed E-state index contributed by atoms with van der Waals surface area (Å²) in [6.07, 6.45) is 1.43. The van der Waals surface area contributed by atoms with E-state index in [0.29, 0.717) is 22.5 Å². The van der Waals surface area contributed by atoms with Crippen molar-refractivity contribution in [3.8, 4) is 0 Å². The Hall–Kier alpha value is -2.63. The van der Waals surface area contributed by atoms with Crippen molar-refractivity contribution in [2.24, 2.45) is 0 Å². The van der Waals surface area contributed by atoms with E-state index in [1.165, 1.54) is 0 Å². The molecule has 0 bridgehead atoms. The van der Waals surface area contributed by atoms with Crippen LogP contribution in [0.4, 0.5) is 5.82 Å². The summed E-state index contributed by atoms with van der Waals surface area (Å²) in [7, 11) is 0. The van der Waals surface area contributed by atoms with Crippen LogP contribution >= 0.6 is 0 Å². The smallest absolute Gasteiger partial charge is 0.344 e. The highest BCUT2D eigenvalue weighted by Gasteiger charge is 2.27. The Morgan fingerprint density at radius 3 is 2.40 bits per heavy atom. The van der Waals surface area contributed by atoms with Crippen molar-refractivity contribution in [2.75, 3.05) is 5.73 Å². The molecule has 0 amide bonds. The number of ether oxygens (including phenoxy) is 1. The first kappa shape index (κ1) is 17.2. The summed E-state index contributed by atoms with van der Waals surface area (Å²) >= 11 is 0. The quantitative estimate of drug-likeness (QED) is 0.707. The van der Waals surface area contributed by atoms with Crippen molar-refractivity contribution in [1.82, 2.24) is 14.5 Å². The van der Waals surface area contributed by atoms with Crippen molar-refractivity contribution < 1.29 is 9.53 Å². The molecule has 0 radical (unpaired) electrons. The van der Waals surface area contributed by atoms with Gasteiger partial charge in [0.15, 0.2) is 5.65 Å². The van der Waals surface area contributed by atoms with Gasteiger partial charge in [-0.3, -0.25) is 0 Å². The highest BCUT2D eigenvalue weighted by molar-refractivity contribution is 6.08. The first-order chi connectivity index (χ1) is 12.0. The molecule has 6 nitrogen and oxygen atoms in total. The van der Waals surface area contributed by atoms with E-state index in [4.69, 9.17) is 15.5 Å². The zero-order valence-corrected chi connectivity index (χ0v) is 15.1. The minimum atomic E-state index is -0.441. The Morgan fingerprint density at radius 1 is 1.16 bits per heavy atom. The fourth-order valence-corrected chi connectivity index (χ4v) is 2.84. The zero-order chi connectivity index (χ0) is 18.1. The van der Waals surface area contributed by atoms with Crippen molar-refractivity contribution >= 4 is 34.0 Å². The SMILES string of the molecule is CC[C@@H](C)n1c(N)c(C(=O)O[C@@H](C)CC)c2nc3ccccc3nc21. The van der Waals surface area contributed by atoms with Gasteiger partial charge in [0.05, 0.1) is 17.1 Å². The summed E-state index contributed by atoms with van der Waals surface area (Å²) in [6.45, 7) is 7.96. The summed E-state index contributed by atoms with van der Waals surface area (Å²) < 4.78 is 7.40. The number of esters is 1. The third kappa shape index (κ3) is 2.92. The maximum absolute atomic E-state index is 12.7. The van der Waals surface area contributed by atoms with Crippen LogP contribution in [0.3, 0.4) is 0 Å². The minimum absolute atomic E-state index is 0.100. The van der Waals surface area contributed by atoms with E-state index < -0.39 is 5.97 Å². The molecule has 132 valence electrons. The summed E-state index contributed by atoms with van der Waals surface area (Å²) in [5, 5.41) is 0. The molecule has 2 N–H and O–H groups in total. The van der Waals surface area contributed by atoms with Gasteiger partial charge in [0, 0.05) is 6.04 Å². The monoisotopic (exact) mass is 340 g/mol. The van der Waals surface area contributed by atoms with Gasteiger partial charge in [0.2, 0.25) is 0 Å². The normalized spacial score (nSPS) is 13.9. The van der Waals surface area contributed by atoms with Crippen LogP contribution in [-0.2, 0) is 4.74 Å². The lowest BCUT2D eigenvalue weighted by atomic mass is 10.2. The Morgan fingerprint density at radius 2 is 1.80 bits per heavy atom. The van der Waals surface area contributed by atoms with Crippen LogP contribution in [0.25, 0.3) is 22.2 Å². The van der Waals surface area contributed by atoms with Gasteiger partial charge in [-0.2, -0.15) is 0 Å². The third-order valence-electron chi connectivity index (χ3n) is 4.65. The molecule has 0 aliphatic rings. The lowest BCUT2D eigenvalue weighted by Gasteiger charge is -2.15. The van der Waals surface area contributed by atoms with Crippen molar-refractivity contribution in [1.29, 1.82) is 0 Å². The van der Waals surface area contributed by atoms with E-state index in [9.17, 15) is 4.79 Å². The van der Waals surface area contributed by atoms with Crippen LogP contribution in [0.2, 0.25) is 0 Å². The van der Waals surface area contributed by atoms with Crippen molar-refractivity contribution in [3.05, 3.63) is 29.8 Å². The standard InChI is InChI=1S/C19H24N4O2/c1-5-11(3)23-17(20)15(19(24)25-12(4)6-2)16-18(23)22-14-10-8-7-9-13(14)21-16/h7-12H,5-6,20H2,1-4H3/t11-,12+/m1/s1. The highest BCUT2D eigenvalue weighted by atomic mass is 16.5. The number of fused-ring (bicyclic) bond motifs is 2. The third-order valence-corrected chi connectivity index (χ3v) is 4.65. The lowest BCUT2D eigenvalue weighted by molar-refractivity contribution is 0.0338. The Bertz CT molecular complexity index is 932. The summed E-state index contributed by atoms with van der Waals surface area (Å²) in [4.78, 5) is 22.1. The van der Waals surface area contributed by atoms with Crippen molar-refractivity contribution in [2.45, 2.75) is 52.7 Å². The second-order valence-electron chi connectivity index (χ2n) is 6.40. The predicted octanol–water partition coefficient (Wildman–Crippen LogP) is 4.09. The Kier molecular flexibility index (Phi) is 4.61. The second kappa shape index (κ2) is 6.70. The molecule has 3 aromatic rings. The van der Waals surface area contributed by atoms with E-state index in [1.807, 2.05) is 42.7 Å². The minimum Gasteiger partial charge on any atom is -0.459 e. The van der Waals surface area contributed by atoms with Crippen LogP contribution in [-0.4, -0.2) is 26.6 Å². The number of carbonyl (C=O) groups is 1. The zero-order valence-electron chi connectivity index (χ0n) is 15.1. The Labute approximate surface area is 147 Å². The number of carbonyl (C=O) groups excluding carboxylic acids is 1. The maximum atomic E-state index is 12.7. The number of hydrogen-bond donors (Lipinski definition) is 1. The van der Waals surface area contributed by atoms with Gasteiger partial charge < -0.3 is 15.0 Å². The van der Waals surface area contributed by atoms with Crippen LogP contribution in [0.15, 0.2) is 24.3 Å². The molecule has 2 aromatic heterocycles. The fourth-order valence-electron chi connectivity index (χ4n) is 2.84. The molecule has 0 spiro atoms. The van der Waals surface area contributed by atoms with Crippen LogP contribution in [0, 0.1) is 0 Å². The Balaban J connectivity index is 2.29. The topological polar surface area (TPSA) is 83.0 Å². The van der Waals surface area contributed by atoms with Crippen molar-refractivity contribution in [3.63, 3.8) is 0 Å². The average Bonchev–Trinajstić information content (AvgIpc) is 2.89. The maximum Gasteiger partial charge on any atom is 0.344 e. The lowest BCUT2D eigenvalue weighted by Crippen LogP contribution is -2.16. The number of nitrogens with two attached hydrogens (primary N) is 1. The van der Waals surface area contributed by atoms with Crippen LogP contribution in [0.5, 0.6) is 0 Å². The van der Waals surface area contributed by atoms with Crippen LogP contribution < -0.4 is 5.73 Å². The molecule has 0 aliphatic heterocycles. The fraction of sp³-hybridized carbons (Fsp3) is 0.421. The summed E-state index contributed by atoms with van der Waals surface area (Å²) in [5.41, 5.74) is 9.31. The molecule has 0 saturated heterocycles. The molecule has 25 heavy (non-hydrogen) atoms. The molecule has 2 heterocycles. The average molecular weight is 340 g/mol. The number of aromatic nitrogens is 3. The number of para-hydroxylation sites is 2. The molecule has 0 aliphatic carbocycles. The van der Waals surface area contributed by atoms with Gasteiger partial charge in [0.25, 0.3) is 0 Å². The van der Waals surface area contributed by atoms with E-state index >= 15 is 0 Å². The van der Waals surface area contributed by atoms with E-state index in [-0.39, 0.29) is 12.1 Å². The van der Waals surface area contributed by atoms with Gasteiger partial charge in [-0.05, 0) is 38.8 Å². The van der Waals surface area contributed by atoms with E-state index in [1.54, 1.807) is 0 Å². The first-order valence-corrected chi connectivity index (χ1v) is 8.75.